The fourth-order valence-electron chi connectivity index (χ4n) is 2.52. The molecule has 0 aliphatic carbocycles. The van der Waals surface area contributed by atoms with E-state index in [0.29, 0.717) is 6.61 Å². The molecule has 6 heteroatoms. The van der Waals surface area contributed by atoms with Gasteiger partial charge in [-0.15, -0.1) is 0 Å². The highest BCUT2D eigenvalue weighted by atomic mass is 16.5. The van der Waals surface area contributed by atoms with Gasteiger partial charge in [0.2, 0.25) is 5.91 Å². The van der Waals surface area contributed by atoms with Crippen LogP contribution in [0.5, 0.6) is 5.75 Å². The highest BCUT2D eigenvalue weighted by Gasteiger charge is 2.21. The summed E-state index contributed by atoms with van der Waals surface area (Å²) in [5.74, 6) is -0.498. The zero-order valence-corrected chi connectivity index (χ0v) is 14.4. The molecule has 0 bridgehead atoms. The number of carbonyl (C=O) groups excluding carboxylic acids is 1. The van der Waals surface area contributed by atoms with Crippen molar-refractivity contribution in [1.82, 2.24) is 5.32 Å². The van der Waals surface area contributed by atoms with Gasteiger partial charge in [-0.3, -0.25) is 4.79 Å². The van der Waals surface area contributed by atoms with E-state index < -0.39 is 12.0 Å². The highest BCUT2D eigenvalue weighted by molar-refractivity contribution is 5.84. The lowest BCUT2D eigenvalue weighted by Crippen LogP contribution is -2.42. The Labute approximate surface area is 142 Å². The van der Waals surface area contributed by atoms with E-state index in [0.717, 1.165) is 23.3 Å². The normalized spacial score (nSPS) is 14.6. The standard InChI is InChI=1S/C18H25NO5/c1-18(2,3)24-9-7-14(17(21)22)19-16(20)11-12-4-5-15-13(10-12)6-8-23-15/h4-5,10,14H,6-9,11H2,1-3H3,(H,19,20)(H,21,22). The third-order valence-corrected chi connectivity index (χ3v) is 3.69. The fourth-order valence-corrected chi connectivity index (χ4v) is 2.52. The van der Waals surface area contributed by atoms with Crippen molar-refractivity contribution >= 4 is 11.9 Å². The van der Waals surface area contributed by atoms with Crippen molar-refractivity contribution in [1.29, 1.82) is 0 Å². The van der Waals surface area contributed by atoms with E-state index >= 15 is 0 Å². The van der Waals surface area contributed by atoms with Crippen LogP contribution in [0.25, 0.3) is 0 Å². The Morgan fingerprint density at radius 3 is 2.79 bits per heavy atom. The fraction of sp³-hybridized carbons (Fsp3) is 0.556. The summed E-state index contributed by atoms with van der Waals surface area (Å²) in [7, 11) is 0. The quantitative estimate of drug-likeness (QED) is 0.795. The van der Waals surface area contributed by atoms with E-state index in [1.54, 1.807) is 0 Å². The third kappa shape index (κ3) is 5.53. The number of carbonyl (C=O) groups is 2. The number of benzene rings is 1. The van der Waals surface area contributed by atoms with Crippen molar-refractivity contribution in [3.8, 4) is 5.75 Å². The van der Waals surface area contributed by atoms with Gasteiger partial charge in [0.05, 0.1) is 18.6 Å². The van der Waals surface area contributed by atoms with Gasteiger partial charge in [0, 0.05) is 19.4 Å². The second-order valence-electron chi connectivity index (χ2n) is 6.93. The van der Waals surface area contributed by atoms with E-state index in [-0.39, 0.29) is 31.0 Å². The molecule has 2 rings (SSSR count). The average molecular weight is 335 g/mol. The first-order chi connectivity index (χ1) is 11.2. The lowest BCUT2D eigenvalue weighted by atomic mass is 10.1. The van der Waals surface area contributed by atoms with Crippen LogP contribution >= 0.6 is 0 Å². The molecule has 1 aromatic carbocycles. The van der Waals surface area contributed by atoms with Crippen LogP contribution in [0.3, 0.4) is 0 Å². The molecule has 6 nitrogen and oxygen atoms in total. The first-order valence-corrected chi connectivity index (χ1v) is 8.15. The highest BCUT2D eigenvalue weighted by Crippen LogP contribution is 2.26. The number of fused-ring (bicyclic) bond motifs is 1. The minimum atomic E-state index is -1.05. The Hall–Kier alpha value is -2.08. The molecule has 1 atom stereocenters. The molecule has 0 aromatic heterocycles. The number of rotatable bonds is 7. The Morgan fingerprint density at radius 1 is 1.38 bits per heavy atom. The maximum absolute atomic E-state index is 12.1. The van der Waals surface area contributed by atoms with Gasteiger partial charge in [0.1, 0.15) is 11.8 Å². The summed E-state index contributed by atoms with van der Waals surface area (Å²) in [5.41, 5.74) is 1.61. The Morgan fingerprint density at radius 2 is 2.12 bits per heavy atom. The van der Waals surface area contributed by atoms with Crippen molar-refractivity contribution < 1.29 is 24.2 Å². The van der Waals surface area contributed by atoms with Crippen molar-refractivity contribution in [2.75, 3.05) is 13.2 Å². The average Bonchev–Trinajstić information content (AvgIpc) is 2.92. The summed E-state index contributed by atoms with van der Waals surface area (Å²) in [6.45, 7) is 6.65. The number of amides is 1. The van der Waals surface area contributed by atoms with Gasteiger partial charge in [-0.2, -0.15) is 0 Å². The van der Waals surface area contributed by atoms with Gasteiger partial charge < -0.3 is 19.9 Å². The summed E-state index contributed by atoms with van der Waals surface area (Å²) in [5, 5.41) is 11.8. The lowest BCUT2D eigenvalue weighted by molar-refractivity contribution is -0.142. The van der Waals surface area contributed by atoms with Crippen LogP contribution in [0.2, 0.25) is 0 Å². The van der Waals surface area contributed by atoms with Gasteiger partial charge in [0.25, 0.3) is 0 Å². The molecule has 1 aromatic rings. The summed E-state index contributed by atoms with van der Waals surface area (Å²) < 4.78 is 11.0. The van der Waals surface area contributed by atoms with E-state index in [4.69, 9.17) is 9.47 Å². The predicted molar refractivity (Wildman–Crippen MR) is 89.2 cm³/mol. The molecule has 0 spiro atoms. The Kier molecular flexibility index (Phi) is 5.83. The molecular formula is C18H25NO5. The van der Waals surface area contributed by atoms with Crippen LogP contribution in [0.1, 0.15) is 38.3 Å². The molecule has 2 N–H and O–H groups in total. The molecule has 132 valence electrons. The summed E-state index contributed by atoms with van der Waals surface area (Å²) >= 11 is 0. The maximum Gasteiger partial charge on any atom is 0.326 e. The molecule has 1 heterocycles. The molecule has 24 heavy (non-hydrogen) atoms. The second-order valence-corrected chi connectivity index (χ2v) is 6.93. The molecular weight excluding hydrogens is 310 g/mol. The van der Waals surface area contributed by atoms with Crippen molar-refractivity contribution in [2.24, 2.45) is 0 Å². The number of hydrogen-bond acceptors (Lipinski definition) is 4. The molecule has 1 aliphatic heterocycles. The van der Waals surface area contributed by atoms with Crippen molar-refractivity contribution in [2.45, 2.75) is 51.7 Å². The maximum atomic E-state index is 12.1. The van der Waals surface area contributed by atoms with Crippen LogP contribution in [0.15, 0.2) is 18.2 Å². The van der Waals surface area contributed by atoms with E-state index in [9.17, 15) is 14.7 Å². The molecule has 0 saturated heterocycles. The minimum absolute atomic E-state index is 0.150. The molecule has 1 aliphatic rings. The molecule has 1 amide bonds. The number of nitrogens with one attached hydrogen (secondary N) is 1. The van der Waals surface area contributed by atoms with Crippen LogP contribution < -0.4 is 10.1 Å². The summed E-state index contributed by atoms with van der Waals surface area (Å²) in [6, 6.07) is 4.69. The number of ether oxygens (including phenoxy) is 2. The predicted octanol–water partition coefficient (Wildman–Crippen LogP) is 1.94. The molecule has 0 fully saturated rings. The first-order valence-electron chi connectivity index (χ1n) is 8.15. The number of aliphatic carboxylic acids is 1. The SMILES string of the molecule is CC(C)(C)OCCC(NC(=O)Cc1ccc2c(c1)CCO2)C(=O)O. The Balaban J connectivity index is 1.87. The van der Waals surface area contributed by atoms with Crippen LogP contribution in [0, 0.1) is 0 Å². The van der Waals surface area contributed by atoms with Crippen molar-refractivity contribution in [3.63, 3.8) is 0 Å². The van der Waals surface area contributed by atoms with E-state index in [1.807, 2.05) is 39.0 Å². The van der Waals surface area contributed by atoms with Gasteiger partial charge in [0.15, 0.2) is 0 Å². The number of carboxylic acids is 1. The van der Waals surface area contributed by atoms with Crippen LogP contribution in [-0.4, -0.2) is 41.8 Å². The first kappa shape index (κ1) is 18.3. The van der Waals surface area contributed by atoms with Crippen LogP contribution in [-0.2, 0) is 27.2 Å². The van der Waals surface area contributed by atoms with Gasteiger partial charge in [-0.05, 0) is 38.0 Å². The molecule has 0 saturated carbocycles. The zero-order valence-electron chi connectivity index (χ0n) is 14.4. The monoisotopic (exact) mass is 335 g/mol. The number of carboxylic acid groups (broad SMARTS) is 1. The van der Waals surface area contributed by atoms with Crippen molar-refractivity contribution in [3.05, 3.63) is 29.3 Å². The summed E-state index contributed by atoms with van der Waals surface area (Å²) in [6.07, 6.45) is 1.22. The minimum Gasteiger partial charge on any atom is -0.493 e. The lowest BCUT2D eigenvalue weighted by Gasteiger charge is -2.21. The molecule has 0 radical (unpaired) electrons. The summed E-state index contributed by atoms with van der Waals surface area (Å²) in [4.78, 5) is 23.5. The third-order valence-electron chi connectivity index (χ3n) is 3.69. The van der Waals surface area contributed by atoms with Gasteiger partial charge in [-0.25, -0.2) is 4.79 Å². The topological polar surface area (TPSA) is 84.9 Å². The second kappa shape index (κ2) is 7.66. The van der Waals surface area contributed by atoms with Crippen LogP contribution in [0.4, 0.5) is 0 Å². The van der Waals surface area contributed by atoms with Gasteiger partial charge >= 0.3 is 5.97 Å². The van der Waals surface area contributed by atoms with E-state index in [1.165, 1.54) is 0 Å². The number of hydrogen-bond donors (Lipinski definition) is 2. The van der Waals surface area contributed by atoms with Gasteiger partial charge in [-0.1, -0.05) is 12.1 Å². The smallest absolute Gasteiger partial charge is 0.326 e. The zero-order chi connectivity index (χ0) is 17.7. The van der Waals surface area contributed by atoms with E-state index in [2.05, 4.69) is 5.32 Å². The molecule has 1 unspecified atom stereocenters. The largest absolute Gasteiger partial charge is 0.493 e. The Bertz CT molecular complexity index is 606.